The topological polar surface area (TPSA) is 96.4 Å². The number of carbonyl (C=O) groups is 1. The van der Waals surface area contributed by atoms with E-state index in [4.69, 9.17) is 9.72 Å². The van der Waals surface area contributed by atoms with Crippen molar-refractivity contribution in [2.45, 2.75) is 19.8 Å². The molecule has 2 fully saturated rings. The molecule has 29 heavy (non-hydrogen) atoms. The fraction of sp³-hybridized carbons (Fsp3) is 0.381. The van der Waals surface area contributed by atoms with Crippen LogP contribution in [0.5, 0.6) is 5.88 Å². The smallest absolute Gasteiger partial charge is 0.249 e. The van der Waals surface area contributed by atoms with Crippen molar-refractivity contribution in [3.63, 3.8) is 0 Å². The Morgan fingerprint density at radius 2 is 2.14 bits per heavy atom. The monoisotopic (exact) mass is 388 g/mol. The first-order valence-corrected chi connectivity index (χ1v) is 9.67. The largest absolute Gasteiger partial charge is 0.481 e. The second-order valence-electron chi connectivity index (χ2n) is 7.74. The average molecular weight is 388 g/mol. The Balaban J connectivity index is 1.67. The number of ether oxygens (including phenoxy) is 1. The summed E-state index contributed by atoms with van der Waals surface area (Å²) < 4.78 is 7.08. The van der Waals surface area contributed by atoms with Crippen LogP contribution in [0.2, 0.25) is 0 Å². The van der Waals surface area contributed by atoms with Crippen LogP contribution in [0.1, 0.15) is 19.8 Å². The van der Waals surface area contributed by atoms with Gasteiger partial charge in [-0.1, -0.05) is 6.92 Å². The molecule has 2 atom stereocenters. The molecule has 4 heterocycles. The number of nitriles is 1. The fourth-order valence-electron chi connectivity index (χ4n) is 4.47. The first-order valence-electron chi connectivity index (χ1n) is 9.67. The van der Waals surface area contributed by atoms with Gasteiger partial charge < -0.3 is 4.74 Å². The first-order chi connectivity index (χ1) is 14.1. The zero-order valence-electron chi connectivity index (χ0n) is 16.2. The molecule has 0 spiro atoms. The van der Waals surface area contributed by atoms with E-state index in [1.165, 1.54) is 0 Å². The second kappa shape index (κ2) is 6.27. The van der Waals surface area contributed by atoms with Crippen molar-refractivity contribution in [1.82, 2.24) is 19.6 Å². The van der Waals surface area contributed by atoms with Crippen LogP contribution in [0.15, 0.2) is 36.8 Å². The number of carbonyl (C=O) groups excluding carboxylic acids is 1. The van der Waals surface area contributed by atoms with Crippen molar-refractivity contribution in [2.24, 2.45) is 17.3 Å². The van der Waals surface area contributed by atoms with Gasteiger partial charge >= 0.3 is 0 Å². The van der Waals surface area contributed by atoms with Crippen molar-refractivity contribution in [3.05, 3.63) is 36.8 Å². The van der Waals surface area contributed by atoms with Crippen LogP contribution in [0, 0.1) is 28.6 Å². The minimum atomic E-state index is -0.958. The van der Waals surface area contributed by atoms with Crippen molar-refractivity contribution >= 4 is 17.2 Å². The Kier molecular flexibility index (Phi) is 3.81. The molecular formula is C21H20N6O2. The van der Waals surface area contributed by atoms with E-state index in [2.05, 4.69) is 16.2 Å². The van der Waals surface area contributed by atoms with E-state index >= 15 is 0 Å². The molecule has 146 valence electrons. The molecule has 1 saturated carbocycles. The number of anilines is 1. The molecule has 0 bridgehead atoms. The highest BCUT2D eigenvalue weighted by atomic mass is 16.5. The van der Waals surface area contributed by atoms with E-state index in [9.17, 15) is 10.1 Å². The van der Waals surface area contributed by atoms with E-state index in [-0.39, 0.29) is 17.7 Å². The molecule has 3 aromatic rings. The van der Waals surface area contributed by atoms with E-state index in [1.54, 1.807) is 35.1 Å². The highest BCUT2D eigenvalue weighted by Crippen LogP contribution is 2.54. The highest BCUT2D eigenvalue weighted by molar-refractivity contribution is 6.04. The Hall–Kier alpha value is -3.47. The summed E-state index contributed by atoms with van der Waals surface area (Å²) in [6, 6.07) is 7.88. The van der Waals surface area contributed by atoms with Crippen LogP contribution in [0.25, 0.3) is 16.8 Å². The van der Waals surface area contributed by atoms with Crippen molar-refractivity contribution in [3.8, 4) is 23.2 Å². The third-order valence-electron chi connectivity index (χ3n) is 6.11. The number of hydrogen-bond acceptors (Lipinski definition) is 6. The van der Waals surface area contributed by atoms with Crippen molar-refractivity contribution in [1.29, 1.82) is 5.26 Å². The second-order valence-corrected chi connectivity index (χ2v) is 7.74. The van der Waals surface area contributed by atoms with Gasteiger partial charge in [0, 0.05) is 18.7 Å². The minimum Gasteiger partial charge on any atom is -0.481 e. The Morgan fingerprint density at radius 3 is 2.86 bits per heavy atom. The predicted octanol–water partition coefficient (Wildman–Crippen LogP) is 2.70. The number of nitrogens with zero attached hydrogens (tertiary/aromatic N) is 6. The highest BCUT2D eigenvalue weighted by Gasteiger charge is 2.61. The van der Waals surface area contributed by atoms with Gasteiger partial charge in [-0.25, -0.2) is 14.5 Å². The maximum absolute atomic E-state index is 13.5. The van der Waals surface area contributed by atoms with E-state index in [0.717, 1.165) is 18.4 Å². The van der Waals surface area contributed by atoms with E-state index in [1.807, 2.05) is 25.1 Å². The lowest BCUT2D eigenvalue weighted by Crippen LogP contribution is -2.37. The number of pyridine rings is 1. The summed E-state index contributed by atoms with van der Waals surface area (Å²) in [6.45, 7) is 2.45. The number of aromatic nitrogens is 4. The Labute approximate surface area is 167 Å². The number of hydrogen-bond donors (Lipinski definition) is 0. The van der Waals surface area contributed by atoms with Crippen LogP contribution in [-0.2, 0) is 4.79 Å². The van der Waals surface area contributed by atoms with Gasteiger partial charge in [0.2, 0.25) is 11.8 Å². The van der Waals surface area contributed by atoms with Crippen LogP contribution in [-0.4, -0.2) is 39.1 Å². The molecule has 0 unspecified atom stereocenters. The number of rotatable bonds is 4. The summed E-state index contributed by atoms with van der Waals surface area (Å²) in [4.78, 5) is 24.2. The van der Waals surface area contributed by atoms with Gasteiger partial charge in [0.25, 0.3) is 0 Å². The van der Waals surface area contributed by atoms with E-state index in [0.29, 0.717) is 29.5 Å². The standard InChI is InChI=1S/C21H20N6O2/c1-13-10-26(20(28)21(13,12-22)14-5-6-14)18-17-7-9-24-27(17)11-16(25-18)15-4-3-8-23-19(15)29-2/h3-4,7-9,11,13-14H,5-6,10H2,1-2H3/t13-,21+/m1/s1. The molecule has 0 radical (unpaired) electrons. The summed E-state index contributed by atoms with van der Waals surface area (Å²) in [6.07, 6.45) is 6.98. The first kappa shape index (κ1) is 17.6. The Bertz CT molecular complexity index is 1160. The maximum atomic E-state index is 13.5. The van der Waals surface area contributed by atoms with Crippen LogP contribution < -0.4 is 9.64 Å². The third kappa shape index (κ3) is 2.43. The van der Waals surface area contributed by atoms with Gasteiger partial charge in [-0.15, -0.1) is 0 Å². The van der Waals surface area contributed by atoms with Gasteiger partial charge in [0.05, 0.1) is 36.8 Å². The maximum Gasteiger partial charge on any atom is 0.249 e. The lowest BCUT2D eigenvalue weighted by atomic mass is 9.75. The lowest BCUT2D eigenvalue weighted by molar-refractivity contribution is -0.124. The molecule has 1 saturated heterocycles. The van der Waals surface area contributed by atoms with Gasteiger partial charge in [-0.2, -0.15) is 10.4 Å². The molecule has 2 aliphatic rings. The molecule has 0 aromatic carbocycles. The minimum absolute atomic E-state index is 0.0612. The van der Waals surface area contributed by atoms with Crippen LogP contribution >= 0.6 is 0 Å². The lowest BCUT2D eigenvalue weighted by Gasteiger charge is -2.23. The molecule has 8 heteroatoms. The number of amides is 1. The summed E-state index contributed by atoms with van der Waals surface area (Å²) in [5.74, 6) is 0.890. The SMILES string of the molecule is COc1ncccc1-c1cn2nccc2c(N2C[C@@H](C)[C@@](C#N)(C3CC3)C2=O)n1. The molecule has 1 aliphatic carbocycles. The number of fused-ring (bicyclic) bond motifs is 1. The third-order valence-corrected chi connectivity index (χ3v) is 6.11. The van der Waals surface area contributed by atoms with Gasteiger partial charge in [0.15, 0.2) is 5.82 Å². The molecular weight excluding hydrogens is 368 g/mol. The van der Waals surface area contributed by atoms with Gasteiger partial charge in [-0.3, -0.25) is 9.69 Å². The molecule has 1 amide bonds. The predicted molar refractivity (Wildman–Crippen MR) is 105 cm³/mol. The molecule has 1 aliphatic heterocycles. The zero-order chi connectivity index (χ0) is 20.2. The summed E-state index contributed by atoms with van der Waals surface area (Å²) in [7, 11) is 1.56. The Morgan fingerprint density at radius 1 is 1.31 bits per heavy atom. The molecule has 5 rings (SSSR count). The molecule has 3 aromatic heterocycles. The molecule has 8 nitrogen and oxygen atoms in total. The summed E-state index contributed by atoms with van der Waals surface area (Å²) in [5, 5.41) is 14.3. The molecule has 0 N–H and O–H groups in total. The van der Waals surface area contributed by atoms with Crippen molar-refractivity contribution < 1.29 is 9.53 Å². The van der Waals surface area contributed by atoms with E-state index < -0.39 is 5.41 Å². The summed E-state index contributed by atoms with van der Waals surface area (Å²) >= 11 is 0. The average Bonchev–Trinajstić information content (AvgIpc) is 3.42. The summed E-state index contributed by atoms with van der Waals surface area (Å²) in [5.41, 5.74) is 1.08. The van der Waals surface area contributed by atoms with Gasteiger partial charge in [0.1, 0.15) is 10.9 Å². The normalized spacial score (nSPS) is 24.1. The van der Waals surface area contributed by atoms with Crippen LogP contribution in [0.3, 0.4) is 0 Å². The van der Waals surface area contributed by atoms with Crippen molar-refractivity contribution in [2.75, 3.05) is 18.6 Å². The zero-order valence-corrected chi connectivity index (χ0v) is 16.2. The van der Waals surface area contributed by atoms with Gasteiger partial charge in [-0.05, 0) is 37.0 Å². The fourth-order valence-corrected chi connectivity index (χ4v) is 4.47. The van der Waals surface area contributed by atoms with Crippen LogP contribution in [0.4, 0.5) is 5.82 Å². The number of methoxy groups -OCH3 is 1. The quantitative estimate of drug-likeness (QED) is 0.682.